The van der Waals surface area contributed by atoms with Crippen LogP contribution < -0.4 is 10.3 Å². The zero-order valence-corrected chi connectivity index (χ0v) is 26.6. The van der Waals surface area contributed by atoms with E-state index in [0.717, 1.165) is 22.9 Å². The maximum Gasteiger partial charge on any atom is 0.299 e. The van der Waals surface area contributed by atoms with E-state index >= 15 is 0 Å². The van der Waals surface area contributed by atoms with Crippen molar-refractivity contribution in [2.75, 3.05) is 7.11 Å². The molecule has 255 valence electrons. The van der Waals surface area contributed by atoms with Crippen LogP contribution >= 0.6 is 0 Å². The number of H-pyrrole nitrogens is 1. The number of azo groups is 2. The normalized spacial score (nSPS) is 12.2. The summed E-state index contributed by atoms with van der Waals surface area (Å²) in [6, 6.07) is 13.6. The number of aromatic hydroxyl groups is 2. The van der Waals surface area contributed by atoms with Gasteiger partial charge < -0.3 is 14.9 Å². The number of phenolic OH excluding ortho intramolecular Hbond substituents is 2. The quantitative estimate of drug-likeness (QED) is 0.0360. The second kappa shape index (κ2) is 14.0. The van der Waals surface area contributed by atoms with Gasteiger partial charge in [0, 0.05) is 28.5 Å². The molecule has 4 aromatic carbocycles. The number of hydrogen-bond donors (Lipinski definition) is 6. The summed E-state index contributed by atoms with van der Waals surface area (Å²) in [7, 11) is -8.05. The van der Waals surface area contributed by atoms with Gasteiger partial charge in [-0.15, -0.1) is 15.3 Å². The van der Waals surface area contributed by atoms with E-state index in [-0.39, 0.29) is 62.0 Å². The van der Waals surface area contributed by atoms with Crippen molar-refractivity contribution in [3.8, 4) is 22.9 Å². The van der Waals surface area contributed by atoms with Gasteiger partial charge in [-0.1, -0.05) is 6.07 Å². The molecule has 21 heteroatoms. The van der Waals surface area contributed by atoms with Crippen LogP contribution in [0.2, 0.25) is 0 Å². The first kappa shape index (κ1) is 35.9. The van der Waals surface area contributed by atoms with Gasteiger partial charge in [0.2, 0.25) is 0 Å². The molecule has 0 aliphatic rings. The fourth-order valence-corrected chi connectivity index (χ4v) is 5.44. The van der Waals surface area contributed by atoms with Crippen LogP contribution in [0.1, 0.15) is 5.69 Å². The van der Waals surface area contributed by atoms with Gasteiger partial charge in [0.25, 0.3) is 25.8 Å². The summed E-state index contributed by atoms with van der Waals surface area (Å²) < 4.78 is 72.1. The molecule has 0 saturated carbocycles. The molecule has 0 unspecified atom stereocenters. The standard InChI is InChI=1S/C27H22N6O12S2.Cu/c1-44-17-6-9-22(34)20(12-17)29-31-25-23(47(41,42)43)10-14-2-3-15(11-19(14)26(25)35)28-30-24-21(13-45-37)32-33(27(24)36)16-4-7-18(8-5-16)46(38,39)40;/h2-12,32,34-35,37H,13H2,1H3,(H,38,39,40)(H,41,42,43);. The van der Waals surface area contributed by atoms with E-state index in [0.29, 0.717) is 5.75 Å². The average Bonchev–Trinajstić information content (AvgIpc) is 3.33. The minimum Gasteiger partial charge on any atom is -0.506 e. The Labute approximate surface area is 280 Å². The Hall–Kier alpha value is -4.99. The minimum atomic E-state index is -4.93. The van der Waals surface area contributed by atoms with E-state index < -0.39 is 53.6 Å². The molecule has 1 heterocycles. The maximum absolute atomic E-state index is 13.2. The zero-order chi connectivity index (χ0) is 34.1. The first-order valence-corrected chi connectivity index (χ1v) is 15.7. The van der Waals surface area contributed by atoms with Crippen LogP contribution in [-0.4, -0.2) is 58.3 Å². The summed E-state index contributed by atoms with van der Waals surface area (Å²) in [4.78, 5) is 16.1. The molecule has 1 aromatic heterocycles. The minimum absolute atomic E-state index is 0. The third-order valence-corrected chi connectivity index (χ3v) is 8.29. The first-order valence-electron chi connectivity index (χ1n) is 12.9. The van der Waals surface area contributed by atoms with Crippen LogP contribution in [0.5, 0.6) is 17.2 Å². The van der Waals surface area contributed by atoms with Crippen molar-refractivity contribution in [1.29, 1.82) is 0 Å². The number of nitrogens with zero attached hydrogens (tertiary/aromatic N) is 5. The number of hydrogen-bond acceptors (Lipinski definition) is 14. The third-order valence-electron chi connectivity index (χ3n) is 6.56. The fourth-order valence-electron chi connectivity index (χ4n) is 4.30. The van der Waals surface area contributed by atoms with E-state index in [9.17, 15) is 40.9 Å². The first-order chi connectivity index (χ1) is 22.2. The fraction of sp³-hybridized carbons (Fsp3) is 0.0741. The Morgan fingerprint density at radius 1 is 0.833 bits per heavy atom. The van der Waals surface area contributed by atoms with E-state index in [1.165, 1.54) is 55.6 Å². The van der Waals surface area contributed by atoms with Gasteiger partial charge in [-0.3, -0.25) is 24.3 Å². The van der Waals surface area contributed by atoms with Crippen molar-refractivity contribution in [3.63, 3.8) is 0 Å². The second-order valence-electron chi connectivity index (χ2n) is 9.53. The molecular weight excluding hydrogens is 728 g/mol. The Morgan fingerprint density at radius 2 is 1.52 bits per heavy atom. The van der Waals surface area contributed by atoms with Gasteiger partial charge in [-0.25, -0.2) is 9.57 Å². The van der Waals surface area contributed by atoms with Gasteiger partial charge in [0.15, 0.2) is 11.4 Å². The van der Waals surface area contributed by atoms with E-state index in [1.807, 2.05) is 0 Å². The number of nitrogens with one attached hydrogen (secondary N) is 1. The summed E-state index contributed by atoms with van der Waals surface area (Å²) in [6.45, 7) is -0.534. The molecule has 0 saturated heterocycles. The van der Waals surface area contributed by atoms with Crippen molar-refractivity contribution in [3.05, 3.63) is 82.8 Å². The SMILES string of the molecule is COc1ccc(O)c(N=Nc2c(S(=O)(=O)O)cc3ccc(N=Nc4c(COO)[nH]n(-c5ccc(S(=O)(=O)O)cc5)c4=O)cc3c2O)c1.[Cu]. The van der Waals surface area contributed by atoms with E-state index in [2.05, 4.69) is 30.4 Å². The van der Waals surface area contributed by atoms with Crippen molar-refractivity contribution >= 4 is 53.8 Å². The smallest absolute Gasteiger partial charge is 0.299 e. The second-order valence-corrected chi connectivity index (χ2v) is 12.3. The Bertz CT molecular complexity index is 2360. The largest absolute Gasteiger partial charge is 0.506 e. The molecule has 1 radical (unpaired) electrons. The Kier molecular flexibility index (Phi) is 10.5. The number of aromatic amines is 1. The van der Waals surface area contributed by atoms with Gasteiger partial charge >= 0.3 is 0 Å². The summed E-state index contributed by atoms with van der Waals surface area (Å²) in [5.41, 5.74) is -1.76. The van der Waals surface area contributed by atoms with Crippen molar-refractivity contribution < 1.29 is 68.1 Å². The predicted molar refractivity (Wildman–Crippen MR) is 162 cm³/mol. The zero-order valence-electron chi connectivity index (χ0n) is 24.0. The van der Waals surface area contributed by atoms with Gasteiger partial charge in [-0.2, -0.15) is 21.9 Å². The monoisotopic (exact) mass is 749 g/mol. The third kappa shape index (κ3) is 7.43. The molecule has 48 heavy (non-hydrogen) atoms. The summed E-state index contributed by atoms with van der Waals surface area (Å²) in [5.74, 6) is -0.775. The number of rotatable bonds is 10. The number of aromatic nitrogens is 2. The molecule has 18 nitrogen and oxygen atoms in total. The van der Waals surface area contributed by atoms with Crippen molar-refractivity contribution in [2.24, 2.45) is 20.5 Å². The van der Waals surface area contributed by atoms with Crippen LogP contribution in [0.25, 0.3) is 16.5 Å². The van der Waals surface area contributed by atoms with E-state index in [1.54, 1.807) is 0 Å². The number of benzene rings is 4. The van der Waals surface area contributed by atoms with Crippen molar-refractivity contribution in [1.82, 2.24) is 9.78 Å². The topological polar surface area (TPSA) is 275 Å². The molecule has 0 aliphatic heterocycles. The number of methoxy groups -OCH3 is 1. The molecule has 5 aromatic rings. The van der Waals surface area contributed by atoms with Crippen LogP contribution in [0, 0.1) is 0 Å². The molecule has 5 rings (SSSR count). The Morgan fingerprint density at radius 3 is 2.15 bits per heavy atom. The Balaban J connectivity index is 0.00000520. The van der Waals surface area contributed by atoms with Crippen LogP contribution in [0.15, 0.2) is 102 Å². The summed E-state index contributed by atoms with van der Waals surface area (Å²) in [5, 5.41) is 48.5. The number of fused-ring (bicyclic) bond motifs is 1. The van der Waals surface area contributed by atoms with Crippen molar-refractivity contribution in [2.45, 2.75) is 16.4 Å². The summed E-state index contributed by atoms with van der Waals surface area (Å²) in [6.07, 6.45) is 0. The molecule has 0 amide bonds. The number of ether oxygens (including phenoxy) is 1. The predicted octanol–water partition coefficient (Wildman–Crippen LogP) is 5.05. The van der Waals surface area contributed by atoms with Gasteiger partial charge in [0.1, 0.15) is 34.4 Å². The van der Waals surface area contributed by atoms with Crippen LogP contribution in [0.3, 0.4) is 0 Å². The van der Waals surface area contributed by atoms with Gasteiger partial charge in [-0.05, 0) is 60.0 Å². The summed E-state index contributed by atoms with van der Waals surface area (Å²) >= 11 is 0. The molecule has 0 spiro atoms. The molecule has 0 fully saturated rings. The number of phenols is 2. The molecule has 6 N–H and O–H groups in total. The molecular formula is C27H22CuN6O12S2. The van der Waals surface area contributed by atoms with Crippen LogP contribution in [0.4, 0.5) is 22.7 Å². The van der Waals surface area contributed by atoms with Gasteiger partial charge in [0.05, 0.1) is 29.1 Å². The average molecular weight is 750 g/mol. The molecule has 0 bridgehead atoms. The molecule has 0 aliphatic carbocycles. The molecule has 0 atom stereocenters. The van der Waals surface area contributed by atoms with E-state index in [4.69, 9.17) is 9.99 Å². The van der Waals surface area contributed by atoms with Crippen LogP contribution in [-0.2, 0) is 48.8 Å². The maximum atomic E-state index is 13.2.